The first-order chi connectivity index (χ1) is 7.53. The van der Waals surface area contributed by atoms with E-state index in [0.717, 1.165) is 4.31 Å². The minimum absolute atomic E-state index is 0.104. The van der Waals surface area contributed by atoms with E-state index < -0.39 is 16.1 Å². The van der Waals surface area contributed by atoms with E-state index in [4.69, 9.17) is 0 Å². The Labute approximate surface area is 102 Å². The summed E-state index contributed by atoms with van der Waals surface area (Å²) in [5.74, 6) is 0. The van der Waals surface area contributed by atoms with Crippen LogP contribution in [-0.4, -0.2) is 31.8 Å². The summed E-state index contributed by atoms with van der Waals surface area (Å²) in [7, 11) is -3.74. The number of nitrogens with zero attached hydrogens (tertiary/aromatic N) is 1. The van der Waals surface area contributed by atoms with E-state index in [1.165, 1.54) is 6.07 Å². The normalized spacial score (nSPS) is 16.3. The average Bonchev–Trinajstić information content (AvgIpc) is 2.65. The van der Waals surface area contributed by atoms with E-state index in [1.54, 1.807) is 18.2 Å². The summed E-state index contributed by atoms with van der Waals surface area (Å²) in [6.45, 7) is 0.519. The standard InChI is InChI=1S/C9H9BrN2O3S/c10-7-3-1-2-4-8(7)16(14,15)12-6-5-11-9(12)13/h1-4H,5-6H2,(H,11,13). The molecule has 0 radical (unpaired) electrons. The minimum atomic E-state index is -3.74. The van der Waals surface area contributed by atoms with Gasteiger partial charge in [0.15, 0.2) is 0 Å². The Hall–Kier alpha value is -1.08. The van der Waals surface area contributed by atoms with Crippen LogP contribution in [0.1, 0.15) is 0 Å². The number of nitrogens with one attached hydrogen (secondary N) is 1. The van der Waals surface area contributed by atoms with E-state index in [-0.39, 0.29) is 11.4 Å². The quantitative estimate of drug-likeness (QED) is 0.892. The van der Waals surface area contributed by atoms with Crippen molar-refractivity contribution < 1.29 is 13.2 Å². The van der Waals surface area contributed by atoms with Crippen molar-refractivity contribution in [2.45, 2.75) is 4.90 Å². The molecule has 0 spiro atoms. The van der Waals surface area contributed by atoms with Gasteiger partial charge in [-0.25, -0.2) is 17.5 Å². The molecule has 86 valence electrons. The molecule has 1 saturated heterocycles. The van der Waals surface area contributed by atoms with Gasteiger partial charge in [-0.05, 0) is 28.1 Å². The lowest BCUT2D eigenvalue weighted by Crippen LogP contribution is -2.34. The van der Waals surface area contributed by atoms with Crippen LogP contribution in [0, 0.1) is 0 Å². The van der Waals surface area contributed by atoms with Gasteiger partial charge in [0.2, 0.25) is 0 Å². The maximum Gasteiger partial charge on any atom is 0.331 e. The van der Waals surface area contributed by atoms with Gasteiger partial charge in [0, 0.05) is 11.0 Å². The molecule has 1 aromatic rings. The Balaban J connectivity index is 2.47. The lowest BCUT2D eigenvalue weighted by Gasteiger charge is -2.15. The van der Waals surface area contributed by atoms with Crippen molar-refractivity contribution in [3.63, 3.8) is 0 Å². The zero-order valence-electron chi connectivity index (χ0n) is 8.18. The van der Waals surface area contributed by atoms with Gasteiger partial charge in [-0.1, -0.05) is 12.1 Å². The smallest absolute Gasteiger partial charge is 0.331 e. The highest BCUT2D eigenvalue weighted by Crippen LogP contribution is 2.25. The predicted molar refractivity (Wildman–Crippen MR) is 61.4 cm³/mol. The largest absolute Gasteiger partial charge is 0.335 e. The van der Waals surface area contributed by atoms with Gasteiger partial charge < -0.3 is 5.32 Å². The SMILES string of the molecule is O=C1NCCN1S(=O)(=O)c1ccccc1Br. The number of benzene rings is 1. The van der Waals surface area contributed by atoms with Crippen molar-refractivity contribution in [2.75, 3.05) is 13.1 Å². The number of carbonyl (C=O) groups is 1. The first-order valence-corrected chi connectivity index (χ1v) is 6.82. The number of carbonyl (C=O) groups excluding carboxylic acids is 1. The molecule has 0 saturated carbocycles. The summed E-state index contributed by atoms with van der Waals surface area (Å²) in [5, 5.41) is 2.46. The topological polar surface area (TPSA) is 66.5 Å². The molecule has 1 aromatic carbocycles. The molecule has 1 heterocycles. The van der Waals surface area contributed by atoms with E-state index in [2.05, 4.69) is 21.2 Å². The highest BCUT2D eigenvalue weighted by Gasteiger charge is 2.33. The first kappa shape index (κ1) is 11.4. The summed E-state index contributed by atoms with van der Waals surface area (Å²) in [5.41, 5.74) is 0. The van der Waals surface area contributed by atoms with Crippen LogP contribution in [0.2, 0.25) is 0 Å². The highest BCUT2D eigenvalue weighted by molar-refractivity contribution is 9.10. The maximum absolute atomic E-state index is 12.1. The van der Waals surface area contributed by atoms with Crippen LogP contribution in [0.5, 0.6) is 0 Å². The van der Waals surface area contributed by atoms with E-state index in [1.807, 2.05) is 0 Å². The van der Waals surface area contributed by atoms with Crippen LogP contribution in [0.25, 0.3) is 0 Å². The average molecular weight is 305 g/mol. The van der Waals surface area contributed by atoms with Crippen molar-refractivity contribution in [3.8, 4) is 0 Å². The van der Waals surface area contributed by atoms with Gasteiger partial charge >= 0.3 is 6.03 Å². The Morgan fingerprint density at radius 1 is 1.31 bits per heavy atom. The van der Waals surface area contributed by atoms with Crippen molar-refractivity contribution in [1.29, 1.82) is 0 Å². The molecule has 1 aliphatic heterocycles. The van der Waals surface area contributed by atoms with Gasteiger partial charge in [0.1, 0.15) is 4.90 Å². The van der Waals surface area contributed by atoms with Gasteiger partial charge in [-0.2, -0.15) is 0 Å². The third-order valence-electron chi connectivity index (χ3n) is 2.22. The number of hydrogen-bond donors (Lipinski definition) is 1. The Morgan fingerprint density at radius 3 is 2.56 bits per heavy atom. The zero-order chi connectivity index (χ0) is 11.8. The van der Waals surface area contributed by atoms with E-state index in [0.29, 0.717) is 11.0 Å². The van der Waals surface area contributed by atoms with Gasteiger partial charge in [0.25, 0.3) is 10.0 Å². The lowest BCUT2D eigenvalue weighted by molar-refractivity contribution is 0.236. The van der Waals surface area contributed by atoms with Crippen molar-refractivity contribution >= 4 is 32.0 Å². The number of sulfonamides is 1. The molecular formula is C9H9BrN2O3S. The van der Waals surface area contributed by atoms with Crippen molar-refractivity contribution in [2.24, 2.45) is 0 Å². The fourth-order valence-corrected chi connectivity index (χ4v) is 3.77. The molecular weight excluding hydrogens is 296 g/mol. The molecule has 2 rings (SSSR count). The summed E-state index contributed by atoms with van der Waals surface area (Å²) in [6, 6.07) is 5.85. The lowest BCUT2D eigenvalue weighted by atomic mass is 10.4. The molecule has 0 atom stereocenters. The fourth-order valence-electron chi connectivity index (χ4n) is 1.46. The highest BCUT2D eigenvalue weighted by atomic mass is 79.9. The summed E-state index contributed by atoms with van der Waals surface area (Å²) in [4.78, 5) is 11.4. The zero-order valence-corrected chi connectivity index (χ0v) is 10.6. The molecule has 0 aromatic heterocycles. The maximum atomic E-state index is 12.1. The first-order valence-electron chi connectivity index (χ1n) is 4.58. The third-order valence-corrected chi connectivity index (χ3v) is 5.02. The second kappa shape index (κ2) is 4.06. The van der Waals surface area contributed by atoms with Crippen LogP contribution in [0.3, 0.4) is 0 Å². The van der Waals surface area contributed by atoms with E-state index in [9.17, 15) is 13.2 Å². The Kier molecular flexibility index (Phi) is 2.90. The van der Waals surface area contributed by atoms with Gasteiger partial charge in [-0.15, -0.1) is 0 Å². The minimum Gasteiger partial charge on any atom is -0.335 e. The molecule has 0 aliphatic carbocycles. The number of hydrogen-bond acceptors (Lipinski definition) is 3. The van der Waals surface area contributed by atoms with Crippen LogP contribution in [0.15, 0.2) is 33.6 Å². The van der Waals surface area contributed by atoms with Crippen LogP contribution in [-0.2, 0) is 10.0 Å². The summed E-state index contributed by atoms with van der Waals surface area (Å²) >= 11 is 3.16. The second-order valence-electron chi connectivity index (χ2n) is 3.24. The number of urea groups is 1. The molecule has 5 nitrogen and oxygen atoms in total. The number of rotatable bonds is 2. The summed E-state index contributed by atoms with van der Waals surface area (Å²) < 4.78 is 25.5. The molecule has 7 heteroatoms. The van der Waals surface area contributed by atoms with Gasteiger partial charge in [0.05, 0.1) is 6.54 Å². The van der Waals surface area contributed by atoms with Crippen molar-refractivity contribution in [1.82, 2.24) is 9.62 Å². The third kappa shape index (κ3) is 1.80. The van der Waals surface area contributed by atoms with Gasteiger partial charge in [-0.3, -0.25) is 0 Å². The van der Waals surface area contributed by atoms with Crippen LogP contribution < -0.4 is 5.32 Å². The summed E-state index contributed by atoms with van der Waals surface area (Å²) in [6.07, 6.45) is 0. The molecule has 0 unspecified atom stereocenters. The Bertz CT molecular complexity index is 529. The molecule has 1 N–H and O–H groups in total. The Morgan fingerprint density at radius 2 is 2.00 bits per heavy atom. The van der Waals surface area contributed by atoms with Crippen LogP contribution in [0.4, 0.5) is 4.79 Å². The molecule has 1 fully saturated rings. The fraction of sp³-hybridized carbons (Fsp3) is 0.222. The molecule has 1 aliphatic rings. The molecule has 2 amide bonds. The van der Waals surface area contributed by atoms with Crippen molar-refractivity contribution in [3.05, 3.63) is 28.7 Å². The molecule has 16 heavy (non-hydrogen) atoms. The monoisotopic (exact) mass is 304 g/mol. The van der Waals surface area contributed by atoms with E-state index >= 15 is 0 Å². The number of amides is 2. The second-order valence-corrected chi connectivity index (χ2v) is 5.92. The van der Waals surface area contributed by atoms with Crippen LogP contribution >= 0.6 is 15.9 Å². The molecule has 0 bridgehead atoms. The predicted octanol–water partition coefficient (Wildman–Crippen LogP) is 1.16. The number of halogens is 1.